The molecule has 0 spiro atoms. The number of nitrogens with zero attached hydrogens (tertiary/aromatic N) is 2. The lowest BCUT2D eigenvalue weighted by Crippen LogP contribution is -2.48. The highest BCUT2D eigenvalue weighted by molar-refractivity contribution is 5.79. The Balaban J connectivity index is 1.60. The molecule has 29 heavy (non-hydrogen) atoms. The van der Waals surface area contributed by atoms with Crippen LogP contribution in [0.1, 0.15) is 31.0 Å². The molecule has 2 aromatic rings. The molecule has 0 amide bonds. The summed E-state index contributed by atoms with van der Waals surface area (Å²) in [4.78, 5) is 8.76. The third kappa shape index (κ3) is 5.94. The Bertz CT molecular complexity index is 756. The number of guanidine groups is 1. The molecule has 1 saturated heterocycles. The molecule has 1 aliphatic rings. The van der Waals surface area contributed by atoms with Crippen molar-refractivity contribution in [2.45, 2.75) is 31.6 Å². The molecule has 0 saturated carbocycles. The minimum Gasteiger partial charge on any atom is -0.494 e. The van der Waals surface area contributed by atoms with E-state index in [2.05, 4.69) is 44.9 Å². The van der Waals surface area contributed by atoms with Crippen LogP contribution in [0.25, 0.3) is 0 Å². The van der Waals surface area contributed by atoms with Crippen LogP contribution in [-0.2, 0) is 16.6 Å². The standard InChI is InChI=1S/C23H32N4O2/c1-3-29-21-9-7-19(8-10-21)23(12-16-28-17-13-23)18-27-22(24-2)26-15-11-20-6-4-5-14-25-20/h4-10,14H,3,11-13,15-18H2,1-2H3,(H2,24,26,27). The predicted octanol–water partition coefficient (Wildman–Crippen LogP) is 2.94. The van der Waals surface area contributed by atoms with Gasteiger partial charge in [0.15, 0.2) is 5.96 Å². The molecule has 6 heteroatoms. The van der Waals surface area contributed by atoms with Crippen LogP contribution in [0.3, 0.4) is 0 Å². The van der Waals surface area contributed by atoms with E-state index in [0.717, 1.165) is 63.0 Å². The maximum atomic E-state index is 5.65. The first-order chi connectivity index (χ1) is 14.3. The number of ether oxygens (including phenoxy) is 2. The van der Waals surface area contributed by atoms with E-state index in [4.69, 9.17) is 9.47 Å². The fourth-order valence-corrected chi connectivity index (χ4v) is 3.73. The van der Waals surface area contributed by atoms with Gasteiger partial charge in [-0.1, -0.05) is 18.2 Å². The van der Waals surface area contributed by atoms with E-state index in [1.54, 1.807) is 0 Å². The summed E-state index contributed by atoms with van der Waals surface area (Å²) < 4.78 is 11.3. The molecular weight excluding hydrogens is 364 g/mol. The Morgan fingerprint density at radius 3 is 2.59 bits per heavy atom. The maximum absolute atomic E-state index is 5.65. The van der Waals surface area contributed by atoms with Crippen molar-refractivity contribution in [3.63, 3.8) is 0 Å². The first-order valence-corrected chi connectivity index (χ1v) is 10.4. The van der Waals surface area contributed by atoms with E-state index in [0.29, 0.717) is 6.61 Å². The monoisotopic (exact) mass is 396 g/mol. The van der Waals surface area contributed by atoms with E-state index in [9.17, 15) is 0 Å². The minimum atomic E-state index is 0.0294. The molecule has 0 aliphatic carbocycles. The normalized spacial score (nSPS) is 16.3. The van der Waals surface area contributed by atoms with Gasteiger partial charge >= 0.3 is 0 Å². The van der Waals surface area contributed by atoms with Crippen molar-refractivity contribution < 1.29 is 9.47 Å². The topological polar surface area (TPSA) is 67.8 Å². The van der Waals surface area contributed by atoms with Gasteiger partial charge < -0.3 is 20.1 Å². The van der Waals surface area contributed by atoms with E-state index in [-0.39, 0.29) is 5.41 Å². The van der Waals surface area contributed by atoms with Crippen molar-refractivity contribution in [1.82, 2.24) is 15.6 Å². The van der Waals surface area contributed by atoms with Gasteiger partial charge in [-0.15, -0.1) is 0 Å². The zero-order valence-corrected chi connectivity index (χ0v) is 17.5. The number of hydrogen-bond acceptors (Lipinski definition) is 4. The van der Waals surface area contributed by atoms with Crippen LogP contribution in [-0.4, -0.2) is 50.9 Å². The summed E-state index contributed by atoms with van der Waals surface area (Å²) in [6.07, 6.45) is 4.66. The number of pyridine rings is 1. The van der Waals surface area contributed by atoms with Crippen LogP contribution in [0.2, 0.25) is 0 Å². The lowest BCUT2D eigenvalue weighted by Gasteiger charge is -2.38. The predicted molar refractivity (Wildman–Crippen MR) is 117 cm³/mol. The van der Waals surface area contributed by atoms with Gasteiger partial charge in [0.1, 0.15) is 5.75 Å². The molecule has 0 unspecified atom stereocenters. The van der Waals surface area contributed by atoms with Gasteiger partial charge in [-0.2, -0.15) is 0 Å². The van der Waals surface area contributed by atoms with Crippen LogP contribution >= 0.6 is 0 Å². The van der Waals surface area contributed by atoms with Crippen LogP contribution in [0.4, 0.5) is 0 Å². The van der Waals surface area contributed by atoms with Crippen molar-refractivity contribution in [3.05, 3.63) is 59.9 Å². The quantitative estimate of drug-likeness (QED) is 0.530. The van der Waals surface area contributed by atoms with Crippen molar-refractivity contribution in [2.75, 3.05) is 40.0 Å². The molecule has 1 fully saturated rings. The van der Waals surface area contributed by atoms with Crippen LogP contribution in [0.5, 0.6) is 5.75 Å². The third-order valence-electron chi connectivity index (χ3n) is 5.45. The second-order valence-corrected chi connectivity index (χ2v) is 7.27. The molecule has 156 valence electrons. The Morgan fingerprint density at radius 1 is 1.14 bits per heavy atom. The van der Waals surface area contributed by atoms with E-state index < -0.39 is 0 Å². The average Bonchev–Trinajstić information content (AvgIpc) is 2.78. The Morgan fingerprint density at radius 2 is 1.93 bits per heavy atom. The summed E-state index contributed by atoms with van der Waals surface area (Å²) in [5.41, 5.74) is 2.42. The molecular formula is C23H32N4O2. The molecule has 0 bridgehead atoms. The first-order valence-electron chi connectivity index (χ1n) is 10.4. The molecule has 2 N–H and O–H groups in total. The van der Waals surface area contributed by atoms with E-state index >= 15 is 0 Å². The largest absolute Gasteiger partial charge is 0.494 e. The second-order valence-electron chi connectivity index (χ2n) is 7.27. The number of benzene rings is 1. The fraction of sp³-hybridized carbons (Fsp3) is 0.478. The minimum absolute atomic E-state index is 0.0294. The average molecular weight is 397 g/mol. The van der Waals surface area contributed by atoms with Crippen molar-refractivity contribution in [1.29, 1.82) is 0 Å². The highest BCUT2D eigenvalue weighted by atomic mass is 16.5. The van der Waals surface area contributed by atoms with E-state index in [1.807, 2.05) is 38.4 Å². The lowest BCUT2D eigenvalue weighted by atomic mass is 9.74. The molecule has 3 rings (SSSR count). The van der Waals surface area contributed by atoms with Gasteiger partial charge in [0.2, 0.25) is 0 Å². The summed E-state index contributed by atoms with van der Waals surface area (Å²) in [6.45, 7) is 5.84. The van der Waals surface area contributed by atoms with Crippen LogP contribution in [0, 0.1) is 0 Å². The van der Waals surface area contributed by atoms with Gasteiger partial charge in [0.05, 0.1) is 6.61 Å². The molecule has 1 aliphatic heterocycles. The zero-order valence-electron chi connectivity index (χ0n) is 17.5. The molecule has 2 heterocycles. The summed E-state index contributed by atoms with van der Waals surface area (Å²) in [5.74, 6) is 1.73. The van der Waals surface area contributed by atoms with Gasteiger partial charge in [0.25, 0.3) is 0 Å². The highest BCUT2D eigenvalue weighted by Gasteiger charge is 2.34. The number of hydrogen-bond donors (Lipinski definition) is 2. The lowest BCUT2D eigenvalue weighted by molar-refractivity contribution is 0.0513. The number of aliphatic imine (C=N–C) groups is 1. The van der Waals surface area contributed by atoms with Crippen molar-refractivity contribution >= 4 is 5.96 Å². The first kappa shape index (κ1) is 21.1. The fourth-order valence-electron chi connectivity index (χ4n) is 3.73. The maximum Gasteiger partial charge on any atom is 0.191 e. The smallest absolute Gasteiger partial charge is 0.191 e. The molecule has 1 aromatic heterocycles. The number of rotatable bonds is 8. The molecule has 6 nitrogen and oxygen atoms in total. The van der Waals surface area contributed by atoms with Crippen molar-refractivity contribution in [3.8, 4) is 5.75 Å². The van der Waals surface area contributed by atoms with Crippen LogP contribution < -0.4 is 15.4 Å². The number of aromatic nitrogens is 1. The van der Waals surface area contributed by atoms with Gasteiger partial charge in [-0.3, -0.25) is 9.98 Å². The Labute approximate surface area is 173 Å². The molecule has 1 aromatic carbocycles. The number of nitrogens with one attached hydrogen (secondary N) is 2. The molecule has 0 radical (unpaired) electrons. The molecule has 0 atom stereocenters. The van der Waals surface area contributed by atoms with Crippen LogP contribution in [0.15, 0.2) is 53.7 Å². The van der Waals surface area contributed by atoms with Crippen molar-refractivity contribution in [2.24, 2.45) is 4.99 Å². The summed E-state index contributed by atoms with van der Waals surface area (Å²) in [7, 11) is 1.81. The SMILES string of the molecule is CCOc1ccc(C2(CNC(=NC)NCCc3ccccn3)CCOCC2)cc1. The third-order valence-corrected chi connectivity index (χ3v) is 5.45. The summed E-state index contributed by atoms with van der Waals surface area (Å²) in [6, 6.07) is 14.5. The Kier molecular flexibility index (Phi) is 7.87. The van der Waals surface area contributed by atoms with Gasteiger partial charge in [0, 0.05) is 57.1 Å². The van der Waals surface area contributed by atoms with E-state index in [1.165, 1.54) is 5.56 Å². The van der Waals surface area contributed by atoms with Gasteiger partial charge in [-0.05, 0) is 49.6 Å². The highest BCUT2D eigenvalue weighted by Crippen LogP contribution is 2.35. The second kappa shape index (κ2) is 10.8. The summed E-state index contributed by atoms with van der Waals surface area (Å²) in [5, 5.41) is 6.94. The van der Waals surface area contributed by atoms with Gasteiger partial charge in [-0.25, -0.2) is 0 Å². The Hall–Kier alpha value is -2.60. The zero-order chi connectivity index (χ0) is 20.4. The summed E-state index contributed by atoms with van der Waals surface area (Å²) >= 11 is 0.